The van der Waals surface area contributed by atoms with Gasteiger partial charge < -0.3 is 0 Å². The summed E-state index contributed by atoms with van der Waals surface area (Å²) >= 11 is 0. The minimum Gasteiger partial charge on any atom is -0.291 e. The summed E-state index contributed by atoms with van der Waals surface area (Å²) in [5, 5.41) is 11.4. The van der Waals surface area contributed by atoms with Gasteiger partial charge in [-0.05, 0) is 24.6 Å². The number of fused-ring (bicyclic) bond motifs is 1. The van der Waals surface area contributed by atoms with Gasteiger partial charge in [-0.15, -0.1) is 0 Å². The summed E-state index contributed by atoms with van der Waals surface area (Å²) < 4.78 is 0. The average molecular weight is 239 g/mol. The van der Waals surface area contributed by atoms with E-state index >= 15 is 0 Å². The summed E-state index contributed by atoms with van der Waals surface area (Å²) in [6.07, 6.45) is 0. The molecule has 1 atom stereocenters. The van der Waals surface area contributed by atoms with Gasteiger partial charge in [-0.3, -0.25) is 10.0 Å². The molecule has 0 fully saturated rings. The van der Waals surface area contributed by atoms with Crippen LogP contribution in [0, 0.1) is 0 Å². The lowest BCUT2D eigenvalue weighted by atomic mass is 9.87. The number of hydrogen-bond acceptors (Lipinski definition) is 3. The minimum absolute atomic E-state index is 0.0770. The first-order valence-corrected chi connectivity index (χ1v) is 5.84. The van der Waals surface area contributed by atoms with Crippen molar-refractivity contribution >= 4 is 11.5 Å². The minimum atomic E-state index is -1.04. The van der Waals surface area contributed by atoms with Crippen LogP contribution < -0.4 is 5.06 Å². The van der Waals surface area contributed by atoms with Gasteiger partial charge in [0.15, 0.2) is 11.3 Å². The standard InChI is InChI=1S/C15H13NO2/c1-15(11-7-3-2-4-8-11)14(17)12-9-5-6-10-13(12)16(15)18/h2-10,18H,1H3. The van der Waals surface area contributed by atoms with Crippen LogP contribution in [-0.4, -0.2) is 11.0 Å². The molecule has 3 nitrogen and oxygen atoms in total. The maximum absolute atomic E-state index is 12.5. The van der Waals surface area contributed by atoms with E-state index in [1.807, 2.05) is 36.4 Å². The highest BCUT2D eigenvalue weighted by molar-refractivity contribution is 6.13. The molecule has 1 unspecified atom stereocenters. The Morgan fingerprint density at radius 3 is 2.28 bits per heavy atom. The summed E-state index contributed by atoms with van der Waals surface area (Å²) in [5.41, 5.74) is 0.874. The highest BCUT2D eigenvalue weighted by Crippen LogP contribution is 2.43. The molecule has 0 bridgehead atoms. The fourth-order valence-electron chi connectivity index (χ4n) is 2.47. The first-order chi connectivity index (χ1) is 8.65. The first-order valence-electron chi connectivity index (χ1n) is 5.84. The molecule has 2 aromatic rings. The highest BCUT2D eigenvalue weighted by atomic mass is 16.5. The molecule has 0 aliphatic carbocycles. The zero-order chi connectivity index (χ0) is 12.8. The maximum atomic E-state index is 12.5. The molecule has 3 heteroatoms. The summed E-state index contributed by atoms with van der Waals surface area (Å²) in [6, 6.07) is 16.4. The van der Waals surface area contributed by atoms with E-state index in [4.69, 9.17) is 0 Å². The van der Waals surface area contributed by atoms with Gasteiger partial charge in [0.25, 0.3) is 0 Å². The summed E-state index contributed by atoms with van der Waals surface area (Å²) in [7, 11) is 0. The van der Waals surface area contributed by atoms with Crippen LogP contribution in [0.15, 0.2) is 54.6 Å². The molecule has 18 heavy (non-hydrogen) atoms. The molecule has 2 aromatic carbocycles. The van der Waals surface area contributed by atoms with Crippen molar-refractivity contribution in [3.05, 3.63) is 65.7 Å². The van der Waals surface area contributed by atoms with Crippen molar-refractivity contribution in [1.82, 2.24) is 0 Å². The molecule has 1 heterocycles. The van der Waals surface area contributed by atoms with E-state index in [1.54, 1.807) is 25.1 Å². The van der Waals surface area contributed by atoms with Crippen molar-refractivity contribution in [1.29, 1.82) is 0 Å². The molecule has 1 aliphatic rings. The van der Waals surface area contributed by atoms with Gasteiger partial charge in [0.1, 0.15) is 0 Å². The summed E-state index contributed by atoms with van der Waals surface area (Å²) in [4.78, 5) is 12.5. The van der Waals surface area contributed by atoms with Gasteiger partial charge in [0.05, 0.1) is 5.69 Å². The maximum Gasteiger partial charge on any atom is 0.197 e. The zero-order valence-corrected chi connectivity index (χ0v) is 10.00. The number of Topliss-reactive ketones (excluding diaryl/α,β-unsaturated/α-hetero) is 1. The van der Waals surface area contributed by atoms with Crippen LogP contribution in [0.3, 0.4) is 0 Å². The Morgan fingerprint density at radius 1 is 1.00 bits per heavy atom. The molecule has 0 radical (unpaired) electrons. The number of hydroxylamine groups is 1. The topological polar surface area (TPSA) is 40.5 Å². The average Bonchev–Trinajstić information content (AvgIpc) is 2.64. The van der Waals surface area contributed by atoms with Crippen LogP contribution in [0.25, 0.3) is 0 Å². The molecule has 0 saturated carbocycles. The Kier molecular flexibility index (Phi) is 2.25. The van der Waals surface area contributed by atoms with Crippen LogP contribution in [0.4, 0.5) is 5.69 Å². The molecule has 3 rings (SSSR count). The monoisotopic (exact) mass is 239 g/mol. The third-order valence-corrected chi connectivity index (χ3v) is 3.58. The normalized spacial score (nSPS) is 22.1. The second-order valence-corrected chi connectivity index (χ2v) is 4.60. The van der Waals surface area contributed by atoms with Crippen molar-refractivity contribution in [2.45, 2.75) is 12.5 Å². The van der Waals surface area contributed by atoms with Crippen LogP contribution in [0.2, 0.25) is 0 Å². The lowest BCUT2D eigenvalue weighted by Gasteiger charge is -2.30. The number of nitrogens with zero attached hydrogens (tertiary/aromatic N) is 1. The van der Waals surface area contributed by atoms with Crippen molar-refractivity contribution in [3.8, 4) is 0 Å². The number of carbonyl (C=O) groups excluding carboxylic acids is 1. The molecular weight excluding hydrogens is 226 g/mol. The largest absolute Gasteiger partial charge is 0.291 e. The van der Waals surface area contributed by atoms with Gasteiger partial charge in [0, 0.05) is 5.56 Å². The fourth-order valence-corrected chi connectivity index (χ4v) is 2.47. The summed E-state index contributed by atoms with van der Waals surface area (Å²) in [5.74, 6) is -0.0770. The van der Waals surface area contributed by atoms with Crippen LogP contribution in [0.5, 0.6) is 0 Å². The van der Waals surface area contributed by atoms with Crippen molar-refractivity contribution < 1.29 is 10.0 Å². The second kappa shape index (κ2) is 3.68. The molecule has 1 aliphatic heterocycles. The molecular formula is C15H13NO2. The van der Waals surface area contributed by atoms with E-state index in [9.17, 15) is 10.0 Å². The number of hydrogen-bond donors (Lipinski definition) is 1. The number of para-hydroxylation sites is 1. The predicted molar refractivity (Wildman–Crippen MR) is 68.8 cm³/mol. The van der Waals surface area contributed by atoms with Gasteiger partial charge in [0.2, 0.25) is 0 Å². The van der Waals surface area contributed by atoms with E-state index in [0.29, 0.717) is 11.3 Å². The highest BCUT2D eigenvalue weighted by Gasteiger charge is 2.48. The number of benzene rings is 2. The third kappa shape index (κ3) is 1.25. The van der Waals surface area contributed by atoms with E-state index in [0.717, 1.165) is 10.6 Å². The smallest absolute Gasteiger partial charge is 0.197 e. The molecule has 0 aromatic heterocycles. The Bertz CT molecular complexity index is 609. The lowest BCUT2D eigenvalue weighted by molar-refractivity contribution is 0.0815. The Balaban J connectivity index is 2.20. The van der Waals surface area contributed by atoms with Crippen molar-refractivity contribution in [3.63, 3.8) is 0 Å². The van der Waals surface area contributed by atoms with Crippen LogP contribution >= 0.6 is 0 Å². The number of rotatable bonds is 1. The van der Waals surface area contributed by atoms with Gasteiger partial charge >= 0.3 is 0 Å². The number of carbonyl (C=O) groups is 1. The molecule has 1 N–H and O–H groups in total. The fraction of sp³-hybridized carbons (Fsp3) is 0.133. The predicted octanol–water partition coefficient (Wildman–Crippen LogP) is 2.99. The van der Waals surface area contributed by atoms with Crippen LogP contribution in [0.1, 0.15) is 22.8 Å². The molecule has 0 saturated heterocycles. The SMILES string of the molecule is CC1(c2ccccc2)C(=O)c2ccccc2N1O. The van der Waals surface area contributed by atoms with Crippen molar-refractivity contribution in [2.24, 2.45) is 0 Å². The van der Waals surface area contributed by atoms with Gasteiger partial charge in [-0.25, -0.2) is 5.06 Å². The zero-order valence-electron chi connectivity index (χ0n) is 10.00. The Hall–Kier alpha value is -2.13. The number of ketones is 1. The van der Waals surface area contributed by atoms with E-state index in [1.165, 1.54) is 0 Å². The third-order valence-electron chi connectivity index (χ3n) is 3.58. The Labute approximate surface area is 105 Å². The number of anilines is 1. The quantitative estimate of drug-likeness (QED) is 0.831. The second-order valence-electron chi connectivity index (χ2n) is 4.60. The molecule has 0 amide bonds. The van der Waals surface area contributed by atoms with Gasteiger partial charge in [-0.2, -0.15) is 0 Å². The van der Waals surface area contributed by atoms with Gasteiger partial charge in [-0.1, -0.05) is 42.5 Å². The summed E-state index contributed by atoms with van der Waals surface area (Å²) in [6.45, 7) is 1.74. The van der Waals surface area contributed by atoms with E-state index in [2.05, 4.69) is 0 Å². The first kappa shape index (κ1) is 11.0. The molecule has 90 valence electrons. The van der Waals surface area contributed by atoms with E-state index < -0.39 is 5.54 Å². The Morgan fingerprint density at radius 2 is 1.61 bits per heavy atom. The van der Waals surface area contributed by atoms with E-state index in [-0.39, 0.29) is 5.78 Å². The van der Waals surface area contributed by atoms with Crippen molar-refractivity contribution in [2.75, 3.05) is 5.06 Å². The molecule has 0 spiro atoms. The lowest BCUT2D eigenvalue weighted by Crippen LogP contribution is -2.43. The van der Waals surface area contributed by atoms with Crippen LogP contribution in [-0.2, 0) is 5.54 Å².